The first-order valence-corrected chi connectivity index (χ1v) is 7.05. The average molecular weight is 256 g/mol. The van der Waals surface area contributed by atoms with Gasteiger partial charge in [0.25, 0.3) is 0 Å². The second kappa shape index (κ2) is 6.94. The Bertz CT molecular complexity index is 281. The van der Waals surface area contributed by atoms with E-state index < -0.39 is 0 Å². The summed E-state index contributed by atoms with van der Waals surface area (Å²) in [7, 11) is 0. The highest BCUT2D eigenvalue weighted by molar-refractivity contribution is 7.80. The lowest BCUT2D eigenvalue weighted by atomic mass is 9.96. The molecular weight excluding hydrogens is 232 g/mol. The van der Waals surface area contributed by atoms with E-state index in [4.69, 9.17) is 18.0 Å². The van der Waals surface area contributed by atoms with Gasteiger partial charge >= 0.3 is 0 Å². The Balaban J connectivity index is 2.50. The highest BCUT2D eigenvalue weighted by atomic mass is 32.1. The van der Waals surface area contributed by atoms with Gasteiger partial charge in [-0.25, -0.2) is 0 Å². The van der Waals surface area contributed by atoms with Crippen LogP contribution in [0.3, 0.4) is 0 Å². The van der Waals surface area contributed by atoms with E-state index in [1.165, 1.54) is 19.3 Å². The van der Waals surface area contributed by atoms with Crippen molar-refractivity contribution in [1.82, 2.24) is 4.90 Å². The molecule has 0 spiro atoms. The van der Waals surface area contributed by atoms with Crippen molar-refractivity contribution in [3.8, 4) is 0 Å². The lowest BCUT2D eigenvalue weighted by Crippen LogP contribution is -2.40. The molecule has 1 fully saturated rings. The van der Waals surface area contributed by atoms with E-state index in [0.717, 1.165) is 31.8 Å². The van der Waals surface area contributed by atoms with Crippen LogP contribution < -0.4 is 5.73 Å². The second-order valence-corrected chi connectivity index (χ2v) is 5.51. The molecule has 2 N–H and O–H groups in total. The summed E-state index contributed by atoms with van der Waals surface area (Å²) in [6.07, 6.45) is 6.01. The highest BCUT2D eigenvalue weighted by Crippen LogP contribution is 2.22. The molecule has 1 aliphatic heterocycles. The standard InChI is InChI=1S/C13H24N2OS/c1-3-5-11-6-4-8-15(9-7-11)13(16)10(2)12(14)17/h10-11H,3-9H2,1-2H3,(H2,14,17). The van der Waals surface area contributed by atoms with Crippen LogP contribution in [0.25, 0.3) is 0 Å². The SMILES string of the molecule is CCCC1CCCN(C(=O)C(C)C(N)=S)CC1. The van der Waals surface area contributed by atoms with E-state index in [0.29, 0.717) is 4.99 Å². The molecule has 2 unspecified atom stereocenters. The summed E-state index contributed by atoms with van der Waals surface area (Å²) in [4.78, 5) is 14.4. The predicted molar refractivity (Wildman–Crippen MR) is 74.8 cm³/mol. The fraction of sp³-hybridized carbons (Fsp3) is 0.846. The Hall–Kier alpha value is -0.640. The summed E-state index contributed by atoms with van der Waals surface area (Å²) < 4.78 is 0. The highest BCUT2D eigenvalue weighted by Gasteiger charge is 2.25. The third-order valence-corrected chi connectivity index (χ3v) is 4.01. The van der Waals surface area contributed by atoms with E-state index in [-0.39, 0.29) is 11.8 Å². The summed E-state index contributed by atoms with van der Waals surface area (Å²) in [5.41, 5.74) is 5.54. The maximum atomic E-state index is 12.1. The molecule has 3 nitrogen and oxygen atoms in total. The van der Waals surface area contributed by atoms with Gasteiger partial charge in [-0.05, 0) is 32.1 Å². The van der Waals surface area contributed by atoms with Gasteiger partial charge in [-0.1, -0.05) is 32.0 Å². The third-order valence-electron chi connectivity index (χ3n) is 3.65. The number of hydrogen-bond donors (Lipinski definition) is 1. The van der Waals surface area contributed by atoms with Gasteiger partial charge in [0.15, 0.2) is 0 Å². The number of carbonyl (C=O) groups excluding carboxylic acids is 1. The Morgan fingerprint density at radius 3 is 2.76 bits per heavy atom. The normalized spacial score (nSPS) is 22.9. The fourth-order valence-corrected chi connectivity index (χ4v) is 2.58. The zero-order chi connectivity index (χ0) is 12.8. The van der Waals surface area contributed by atoms with Crippen molar-refractivity contribution in [3.05, 3.63) is 0 Å². The number of likely N-dealkylation sites (tertiary alicyclic amines) is 1. The quantitative estimate of drug-likeness (QED) is 0.785. The molecule has 1 rings (SSSR count). The number of hydrogen-bond acceptors (Lipinski definition) is 2. The summed E-state index contributed by atoms with van der Waals surface area (Å²) in [6.45, 7) is 5.77. The van der Waals surface area contributed by atoms with Gasteiger partial charge in [-0.3, -0.25) is 4.79 Å². The number of nitrogens with two attached hydrogens (primary N) is 1. The Kier molecular flexibility index (Phi) is 5.89. The van der Waals surface area contributed by atoms with Crippen LogP contribution in [-0.4, -0.2) is 28.9 Å². The molecule has 0 saturated carbocycles. The molecular formula is C13H24N2OS. The number of nitrogens with zero attached hydrogens (tertiary/aromatic N) is 1. The van der Waals surface area contributed by atoms with Gasteiger partial charge in [0.1, 0.15) is 0 Å². The molecule has 0 aliphatic carbocycles. The van der Waals surface area contributed by atoms with Crippen molar-refractivity contribution in [1.29, 1.82) is 0 Å². The minimum Gasteiger partial charge on any atom is -0.393 e. The van der Waals surface area contributed by atoms with Crippen LogP contribution in [0.5, 0.6) is 0 Å². The summed E-state index contributed by atoms with van der Waals surface area (Å²) in [6, 6.07) is 0. The molecule has 0 aromatic carbocycles. The average Bonchev–Trinajstić information content (AvgIpc) is 2.53. The zero-order valence-electron chi connectivity index (χ0n) is 10.9. The van der Waals surface area contributed by atoms with Gasteiger partial charge in [0, 0.05) is 13.1 Å². The monoisotopic (exact) mass is 256 g/mol. The van der Waals surface area contributed by atoms with Crippen LogP contribution in [0.2, 0.25) is 0 Å². The lowest BCUT2D eigenvalue weighted by Gasteiger charge is -2.23. The van der Waals surface area contributed by atoms with E-state index >= 15 is 0 Å². The molecule has 0 aromatic heterocycles. The molecule has 2 atom stereocenters. The van der Waals surface area contributed by atoms with Crippen molar-refractivity contribution >= 4 is 23.1 Å². The Morgan fingerprint density at radius 2 is 2.18 bits per heavy atom. The second-order valence-electron chi connectivity index (χ2n) is 5.03. The van der Waals surface area contributed by atoms with Gasteiger partial charge < -0.3 is 10.6 Å². The number of thiocarbonyl (C=S) groups is 1. The van der Waals surface area contributed by atoms with Crippen LogP contribution in [0.1, 0.15) is 46.0 Å². The molecule has 1 aliphatic rings. The molecule has 1 saturated heterocycles. The fourth-order valence-electron chi connectivity index (χ4n) is 2.48. The van der Waals surface area contributed by atoms with Crippen LogP contribution in [0.4, 0.5) is 0 Å². The predicted octanol–water partition coefficient (Wildman–Crippen LogP) is 2.34. The zero-order valence-corrected chi connectivity index (χ0v) is 11.8. The van der Waals surface area contributed by atoms with E-state index in [1.807, 2.05) is 4.90 Å². The Labute approximate surface area is 110 Å². The molecule has 1 amide bonds. The molecule has 17 heavy (non-hydrogen) atoms. The van der Waals surface area contributed by atoms with Crippen molar-refractivity contribution in [2.45, 2.75) is 46.0 Å². The summed E-state index contributed by atoms with van der Waals surface area (Å²) in [5.74, 6) is 0.584. The minimum atomic E-state index is -0.312. The van der Waals surface area contributed by atoms with E-state index in [9.17, 15) is 4.79 Å². The third kappa shape index (κ3) is 4.26. The first-order chi connectivity index (χ1) is 8.06. The molecule has 1 heterocycles. The van der Waals surface area contributed by atoms with Crippen molar-refractivity contribution in [2.24, 2.45) is 17.6 Å². The van der Waals surface area contributed by atoms with Crippen LogP contribution in [0.15, 0.2) is 0 Å². The topological polar surface area (TPSA) is 46.3 Å². The van der Waals surface area contributed by atoms with Gasteiger partial charge in [0.05, 0.1) is 10.9 Å². The molecule has 4 heteroatoms. The van der Waals surface area contributed by atoms with Gasteiger partial charge in [-0.15, -0.1) is 0 Å². The van der Waals surface area contributed by atoms with Gasteiger partial charge in [0.2, 0.25) is 5.91 Å². The largest absolute Gasteiger partial charge is 0.393 e. The van der Waals surface area contributed by atoms with Crippen LogP contribution >= 0.6 is 12.2 Å². The number of rotatable bonds is 4. The number of carbonyl (C=O) groups is 1. The maximum Gasteiger partial charge on any atom is 0.232 e. The van der Waals surface area contributed by atoms with Crippen molar-refractivity contribution in [2.75, 3.05) is 13.1 Å². The van der Waals surface area contributed by atoms with E-state index in [1.54, 1.807) is 6.92 Å². The Morgan fingerprint density at radius 1 is 1.47 bits per heavy atom. The van der Waals surface area contributed by atoms with E-state index in [2.05, 4.69) is 6.92 Å². The molecule has 98 valence electrons. The maximum absolute atomic E-state index is 12.1. The summed E-state index contributed by atoms with van der Waals surface area (Å²) in [5, 5.41) is 0. The lowest BCUT2D eigenvalue weighted by molar-refractivity contribution is -0.132. The van der Waals surface area contributed by atoms with Crippen molar-refractivity contribution < 1.29 is 4.79 Å². The molecule has 0 radical (unpaired) electrons. The van der Waals surface area contributed by atoms with Crippen LogP contribution in [0, 0.1) is 11.8 Å². The smallest absolute Gasteiger partial charge is 0.232 e. The minimum absolute atomic E-state index is 0.106. The van der Waals surface area contributed by atoms with Crippen LogP contribution in [-0.2, 0) is 4.79 Å². The molecule has 0 aromatic rings. The number of amides is 1. The first kappa shape index (κ1) is 14.4. The summed E-state index contributed by atoms with van der Waals surface area (Å²) >= 11 is 4.89. The van der Waals surface area contributed by atoms with Gasteiger partial charge in [-0.2, -0.15) is 0 Å². The molecule has 0 bridgehead atoms. The van der Waals surface area contributed by atoms with Crippen molar-refractivity contribution in [3.63, 3.8) is 0 Å². The first-order valence-electron chi connectivity index (χ1n) is 6.64.